The van der Waals surface area contributed by atoms with Crippen molar-refractivity contribution < 1.29 is 13.6 Å². The first-order valence-corrected chi connectivity index (χ1v) is 8.13. The van der Waals surface area contributed by atoms with E-state index >= 15 is 0 Å². The van der Waals surface area contributed by atoms with Gasteiger partial charge in [0.25, 0.3) is 0 Å². The fourth-order valence-corrected chi connectivity index (χ4v) is 3.45. The lowest BCUT2D eigenvalue weighted by Crippen LogP contribution is -2.38. The van der Waals surface area contributed by atoms with Crippen LogP contribution in [0.25, 0.3) is 0 Å². The van der Waals surface area contributed by atoms with E-state index in [1.54, 1.807) is 0 Å². The maximum Gasteiger partial charge on any atom is 0.315 e. The third-order valence-corrected chi connectivity index (χ3v) is 4.79. The molecule has 2 atom stereocenters. The monoisotopic (exact) mass is 308 g/mol. The molecule has 1 aromatic carbocycles. The van der Waals surface area contributed by atoms with Gasteiger partial charge in [-0.1, -0.05) is 31.7 Å². The maximum absolute atomic E-state index is 13.7. The SMILES string of the molecule is O=C(NCCC1CCCC1)NC1CC1c1c(F)cccc1F. The lowest BCUT2D eigenvalue weighted by Gasteiger charge is -2.11. The van der Waals surface area contributed by atoms with Crippen molar-refractivity contribution in [3.05, 3.63) is 35.4 Å². The molecule has 2 fully saturated rings. The van der Waals surface area contributed by atoms with Gasteiger partial charge in [0.2, 0.25) is 0 Å². The second-order valence-electron chi connectivity index (χ2n) is 6.42. The number of urea groups is 1. The van der Waals surface area contributed by atoms with Gasteiger partial charge in [0, 0.05) is 24.1 Å². The second kappa shape index (κ2) is 6.63. The van der Waals surface area contributed by atoms with Gasteiger partial charge >= 0.3 is 6.03 Å². The highest BCUT2D eigenvalue weighted by Gasteiger charge is 2.42. The minimum atomic E-state index is -0.532. The van der Waals surface area contributed by atoms with E-state index in [0.717, 1.165) is 12.3 Å². The molecule has 2 aliphatic carbocycles. The molecular weight excluding hydrogens is 286 g/mol. The summed E-state index contributed by atoms with van der Waals surface area (Å²) in [4.78, 5) is 11.8. The Labute approximate surface area is 129 Å². The molecule has 1 aromatic rings. The number of halogens is 2. The first kappa shape index (κ1) is 15.3. The van der Waals surface area contributed by atoms with Gasteiger partial charge in [-0.15, -0.1) is 0 Å². The molecule has 0 heterocycles. The zero-order valence-electron chi connectivity index (χ0n) is 12.6. The van der Waals surface area contributed by atoms with Crippen LogP contribution in [0.4, 0.5) is 13.6 Å². The van der Waals surface area contributed by atoms with E-state index < -0.39 is 11.6 Å². The minimum Gasteiger partial charge on any atom is -0.338 e. The first-order chi connectivity index (χ1) is 10.6. The summed E-state index contributed by atoms with van der Waals surface area (Å²) in [6, 6.07) is 3.47. The van der Waals surface area contributed by atoms with Crippen LogP contribution in [0.1, 0.15) is 50.0 Å². The van der Waals surface area contributed by atoms with E-state index in [9.17, 15) is 13.6 Å². The molecule has 2 N–H and O–H groups in total. The van der Waals surface area contributed by atoms with Crippen molar-refractivity contribution in [2.75, 3.05) is 6.54 Å². The van der Waals surface area contributed by atoms with Crippen LogP contribution in [-0.4, -0.2) is 18.6 Å². The predicted octanol–water partition coefficient (Wildman–Crippen LogP) is 3.70. The summed E-state index contributed by atoms with van der Waals surface area (Å²) in [5.41, 5.74) is 0.0961. The fourth-order valence-electron chi connectivity index (χ4n) is 3.45. The highest BCUT2D eigenvalue weighted by molar-refractivity contribution is 5.74. The van der Waals surface area contributed by atoms with Crippen LogP contribution < -0.4 is 10.6 Å². The van der Waals surface area contributed by atoms with Gasteiger partial charge in [0.05, 0.1) is 0 Å². The fraction of sp³-hybridized carbons (Fsp3) is 0.588. The van der Waals surface area contributed by atoms with Gasteiger partial charge in [-0.3, -0.25) is 0 Å². The molecule has 3 nitrogen and oxygen atoms in total. The molecule has 2 amide bonds. The third kappa shape index (κ3) is 3.57. The van der Waals surface area contributed by atoms with Crippen LogP contribution in [-0.2, 0) is 0 Å². The number of carbonyl (C=O) groups excluding carboxylic acids is 1. The summed E-state index contributed by atoms with van der Waals surface area (Å²) in [5, 5.41) is 5.64. The Bertz CT molecular complexity index is 523. The van der Waals surface area contributed by atoms with E-state index in [2.05, 4.69) is 10.6 Å². The van der Waals surface area contributed by atoms with Crippen LogP contribution >= 0.6 is 0 Å². The van der Waals surface area contributed by atoms with Gasteiger partial charge in [0.1, 0.15) is 11.6 Å². The standard InChI is InChI=1S/C17H22F2N2O/c18-13-6-3-7-14(19)16(13)12-10-15(12)21-17(22)20-9-8-11-4-1-2-5-11/h3,6-7,11-12,15H,1-2,4-5,8-10H2,(H2,20,21,22). The Balaban J connectivity index is 1.42. The van der Waals surface area contributed by atoms with E-state index in [1.807, 2.05) is 0 Å². The Morgan fingerprint density at radius 3 is 2.55 bits per heavy atom. The average Bonchev–Trinajstić information content (AvgIpc) is 2.99. The molecule has 2 saturated carbocycles. The number of carbonyl (C=O) groups is 1. The lowest BCUT2D eigenvalue weighted by molar-refractivity contribution is 0.239. The van der Waals surface area contributed by atoms with Gasteiger partial charge < -0.3 is 10.6 Å². The molecule has 0 aliphatic heterocycles. The van der Waals surface area contributed by atoms with E-state index in [-0.39, 0.29) is 23.6 Å². The summed E-state index contributed by atoms with van der Waals surface area (Å²) in [7, 11) is 0. The van der Waals surface area contributed by atoms with Crippen LogP contribution in [0.5, 0.6) is 0 Å². The Morgan fingerprint density at radius 1 is 1.18 bits per heavy atom. The van der Waals surface area contributed by atoms with Crippen molar-refractivity contribution in [3.8, 4) is 0 Å². The Morgan fingerprint density at radius 2 is 1.86 bits per heavy atom. The van der Waals surface area contributed by atoms with Crippen molar-refractivity contribution in [1.82, 2.24) is 10.6 Å². The average molecular weight is 308 g/mol. The number of hydrogen-bond acceptors (Lipinski definition) is 1. The molecule has 0 spiro atoms. The zero-order valence-corrected chi connectivity index (χ0v) is 12.6. The smallest absolute Gasteiger partial charge is 0.315 e. The normalized spacial score (nSPS) is 24.3. The maximum atomic E-state index is 13.7. The Hall–Kier alpha value is -1.65. The second-order valence-corrected chi connectivity index (χ2v) is 6.42. The number of nitrogens with one attached hydrogen (secondary N) is 2. The van der Waals surface area contributed by atoms with Crippen molar-refractivity contribution in [1.29, 1.82) is 0 Å². The molecule has 120 valence electrons. The van der Waals surface area contributed by atoms with E-state index in [4.69, 9.17) is 0 Å². The van der Waals surface area contributed by atoms with Crippen LogP contribution in [0.2, 0.25) is 0 Å². The summed E-state index contributed by atoms with van der Waals surface area (Å²) >= 11 is 0. The highest BCUT2D eigenvalue weighted by atomic mass is 19.1. The van der Waals surface area contributed by atoms with Crippen LogP contribution in [0.15, 0.2) is 18.2 Å². The van der Waals surface area contributed by atoms with E-state index in [1.165, 1.54) is 43.9 Å². The number of amides is 2. The Kier molecular flexibility index (Phi) is 4.60. The first-order valence-electron chi connectivity index (χ1n) is 8.13. The molecular formula is C17H22F2N2O. The molecule has 2 unspecified atom stereocenters. The molecule has 0 bridgehead atoms. The van der Waals surface area contributed by atoms with Crippen molar-refractivity contribution >= 4 is 6.03 Å². The highest BCUT2D eigenvalue weighted by Crippen LogP contribution is 2.43. The summed E-state index contributed by atoms with van der Waals surface area (Å²) < 4.78 is 27.3. The molecule has 0 radical (unpaired) electrons. The number of rotatable bonds is 5. The van der Waals surface area contributed by atoms with Gasteiger partial charge in [-0.2, -0.15) is 0 Å². The van der Waals surface area contributed by atoms with Crippen molar-refractivity contribution in [2.24, 2.45) is 5.92 Å². The third-order valence-electron chi connectivity index (χ3n) is 4.79. The van der Waals surface area contributed by atoms with Gasteiger partial charge in [-0.25, -0.2) is 13.6 Å². The minimum absolute atomic E-state index is 0.0961. The molecule has 22 heavy (non-hydrogen) atoms. The predicted molar refractivity (Wildman–Crippen MR) is 80.6 cm³/mol. The molecule has 2 aliphatic rings. The van der Waals surface area contributed by atoms with Gasteiger partial charge in [-0.05, 0) is 30.9 Å². The summed E-state index contributed by atoms with van der Waals surface area (Å²) in [6.45, 7) is 0.669. The lowest BCUT2D eigenvalue weighted by atomic mass is 10.0. The van der Waals surface area contributed by atoms with E-state index in [0.29, 0.717) is 13.0 Å². The topological polar surface area (TPSA) is 41.1 Å². The summed E-state index contributed by atoms with van der Waals surface area (Å²) in [6.07, 6.45) is 6.74. The molecule has 5 heteroatoms. The summed E-state index contributed by atoms with van der Waals surface area (Å²) in [5.74, 6) is -0.574. The molecule has 0 saturated heterocycles. The largest absolute Gasteiger partial charge is 0.338 e. The molecule has 3 rings (SSSR count). The van der Waals surface area contributed by atoms with Crippen LogP contribution in [0, 0.1) is 17.6 Å². The zero-order chi connectivity index (χ0) is 15.5. The van der Waals surface area contributed by atoms with Gasteiger partial charge in [0.15, 0.2) is 0 Å². The molecule has 0 aromatic heterocycles. The van der Waals surface area contributed by atoms with Crippen molar-refractivity contribution in [3.63, 3.8) is 0 Å². The van der Waals surface area contributed by atoms with Crippen molar-refractivity contribution in [2.45, 2.75) is 50.5 Å². The van der Waals surface area contributed by atoms with Crippen LogP contribution in [0.3, 0.4) is 0 Å². The number of hydrogen-bond donors (Lipinski definition) is 2. The quantitative estimate of drug-likeness (QED) is 0.855. The number of benzene rings is 1.